The fourth-order valence-corrected chi connectivity index (χ4v) is 2.35. The number of hydrogen-bond acceptors (Lipinski definition) is 4. The molecule has 6 nitrogen and oxygen atoms in total. The van der Waals surface area contributed by atoms with E-state index in [4.69, 9.17) is 4.74 Å². The van der Waals surface area contributed by atoms with Crippen LogP contribution in [-0.4, -0.2) is 29.2 Å². The molecule has 0 radical (unpaired) electrons. The molecule has 1 N–H and O–H groups in total. The number of ether oxygens (including phenoxy) is 1. The van der Waals surface area contributed by atoms with E-state index in [0.717, 1.165) is 25.7 Å². The monoisotopic (exact) mass is 258 g/mol. The summed E-state index contributed by atoms with van der Waals surface area (Å²) in [5.74, 6) is 0. The van der Waals surface area contributed by atoms with Gasteiger partial charge in [-0.15, -0.1) is 0 Å². The summed E-state index contributed by atoms with van der Waals surface area (Å²) in [6.07, 6.45) is 4.50. The Balaban J connectivity index is 2.36. The van der Waals surface area contributed by atoms with Gasteiger partial charge in [0, 0.05) is 17.4 Å². The van der Waals surface area contributed by atoms with E-state index in [2.05, 4.69) is 5.32 Å². The molecule has 18 heavy (non-hydrogen) atoms. The molecule has 0 aromatic rings. The third kappa shape index (κ3) is 4.50. The molecule has 1 fully saturated rings. The Kier molecular flexibility index (Phi) is 5.88. The van der Waals surface area contributed by atoms with Crippen molar-refractivity contribution in [2.45, 2.75) is 70.6 Å². The van der Waals surface area contributed by atoms with E-state index in [1.807, 2.05) is 0 Å². The first-order valence-corrected chi connectivity index (χ1v) is 6.65. The summed E-state index contributed by atoms with van der Waals surface area (Å²) in [4.78, 5) is 22.0. The van der Waals surface area contributed by atoms with Gasteiger partial charge < -0.3 is 10.1 Å². The standard InChI is InChI=1S/C12H22N2O4/c1-3-11(14(16)17)9(2)18-12(15)13-10-7-5-4-6-8-10/h9-11H,3-8H2,1-2H3,(H,13,15). The van der Waals surface area contributed by atoms with Crippen molar-refractivity contribution in [1.82, 2.24) is 5.32 Å². The van der Waals surface area contributed by atoms with E-state index in [0.29, 0.717) is 6.42 Å². The second-order valence-corrected chi connectivity index (χ2v) is 4.85. The largest absolute Gasteiger partial charge is 0.439 e. The second-order valence-electron chi connectivity index (χ2n) is 4.85. The van der Waals surface area contributed by atoms with Gasteiger partial charge in [0.1, 0.15) is 0 Å². The van der Waals surface area contributed by atoms with Crippen LogP contribution in [0, 0.1) is 10.1 Å². The lowest BCUT2D eigenvalue weighted by Crippen LogP contribution is -2.41. The van der Waals surface area contributed by atoms with Crippen LogP contribution in [0.2, 0.25) is 0 Å². The highest BCUT2D eigenvalue weighted by molar-refractivity contribution is 5.67. The first-order chi connectivity index (χ1) is 8.54. The smallest absolute Gasteiger partial charge is 0.407 e. The number of rotatable bonds is 5. The maximum atomic E-state index is 11.6. The summed E-state index contributed by atoms with van der Waals surface area (Å²) < 4.78 is 5.08. The van der Waals surface area contributed by atoms with Gasteiger partial charge in [0.15, 0.2) is 6.10 Å². The number of alkyl carbamates (subject to hydrolysis) is 1. The van der Waals surface area contributed by atoms with Crippen LogP contribution >= 0.6 is 0 Å². The van der Waals surface area contributed by atoms with Crippen LogP contribution in [-0.2, 0) is 4.74 Å². The highest BCUT2D eigenvalue weighted by Crippen LogP contribution is 2.17. The summed E-state index contributed by atoms with van der Waals surface area (Å²) in [6, 6.07) is -0.670. The van der Waals surface area contributed by atoms with E-state index in [1.165, 1.54) is 6.42 Å². The highest BCUT2D eigenvalue weighted by atomic mass is 16.6. The van der Waals surface area contributed by atoms with Gasteiger partial charge in [-0.2, -0.15) is 0 Å². The van der Waals surface area contributed by atoms with Crippen molar-refractivity contribution in [1.29, 1.82) is 0 Å². The molecule has 6 heteroatoms. The number of carbonyl (C=O) groups is 1. The second kappa shape index (κ2) is 7.18. The van der Waals surface area contributed by atoms with Crippen LogP contribution in [0.25, 0.3) is 0 Å². The Morgan fingerprint density at radius 2 is 2.06 bits per heavy atom. The molecule has 2 atom stereocenters. The molecular weight excluding hydrogens is 236 g/mol. The van der Waals surface area contributed by atoms with E-state index in [1.54, 1.807) is 13.8 Å². The zero-order valence-corrected chi connectivity index (χ0v) is 11.1. The number of nitro groups is 1. The number of amides is 1. The minimum Gasteiger partial charge on any atom is -0.439 e. The molecule has 0 saturated heterocycles. The van der Waals surface area contributed by atoms with Crippen molar-refractivity contribution >= 4 is 6.09 Å². The molecule has 1 aliphatic rings. The molecule has 0 aliphatic heterocycles. The zero-order chi connectivity index (χ0) is 13.5. The predicted molar refractivity (Wildman–Crippen MR) is 67.0 cm³/mol. The maximum absolute atomic E-state index is 11.6. The Bertz CT molecular complexity index is 290. The molecule has 0 aromatic carbocycles. The van der Waals surface area contributed by atoms with Crippen LogP contribution in [0.15, 0.2) is 0 Å². The fraction of sp³-hybridized carbons (Fsp3) is 0.917. The first-order valence-electron chi connectivity index (χ1n) is 6.65. The van der Waals surface area contributed by atoms with Crippen molar-refractivity contribution in [2.75, 3.05) is 0 Å². The quantitative estimate of drug-likeness (QED) is 0.606. The van der Waals surface area contributed by atoms with Gasteiger partial charge in [-0.25, -0.2) is 4.79 Å². The summed E-state index contributed by atoms with van der Waals surface area (Å²) in [6.45, 7) is 3.28. The number of hydrogen-bond donors (Lipinski definition) is 1. The van der Waals surface area contributed by atoms with Gasteiger partial charge in [0.05, 0.1) is 0 Å². The molecule has 1 aliphatic carbocycles. The highest BCUT2D eigenvalue weighted by Gasteiger charge is 2.29. The normalized spacial score (nSPS) is 19.9. The van der Waals surface area contributed by atoms with Crippen molar-refractivity contribution in [3.63, 3.8) is 0 Å². The zero-order valence-electron chi connectivity index (χ0n) is 11.1. The molecule has 0 bridgehead atoms. The summed E-state index contributed by atoms with van der Waals surface area (Å²) in [5.41, 5.74) is 0. The Morgan fingerprint density at radius 3 is 2.56 bits per heavy atom. The van der Waals surface area contributed by atoms with Crippen molar-refractivity contribution < 1.29 is 14.5 Å². The van der Waals surface area contributed by atoms with Crippen molar-refractivity contribution in [2.24, 2.45) is 0 Å². The average Bonchev–Trinajstić information content (AvgIpc) is 2.30. The minimum atomic E-state index is -0.831. The van der Waals surface area contributed by atoms with E-state index in [-0.39, 0.29) is 6.04 Å². The van der Waals surface area contributed by atoms with Crippen LogP contribution < -0.4 is 5.32 Å². The van der Waals surface area contributed by atoms with Gasteiger partial charge in [0.2, 0.25) is 6.04 Å². The Hall–Kier alpha value is -1.33. The van der Waals surface area contributed by atoms with Crippen LogP contribution in [0.1, 0.15) is 52.4 Å². The number of carbonyl (C=O) groups excluding carboxylic acids is 1. The molecule has 0 aromatic heterocycles. The third-order valence-electron chi connectivity index (χ3n) is 3.45. The molecule has 0 heterocycles. The lowest BCUT2D eigenvalue weighted by atomic mass is 9.96. The summed E-state index contributed by atoms with van der Waals surface area (Å²) in [5, 5.41) is 13.5. The molecule has 2 unspecified atom stereocenters. The Morgan fingerprint density at radius 1 is 1.44 bits per heavy atom. The summed E-state index contributed by atoms with van der Waals surface area (Å²) in [7, 11) is 0. The molecule has 1 rings (SSSR count). The molecule has 1 amide bonds. The van der Waals surface area contributed by atoms with Crippen molar-refractivity contribution in [3.8, 4) is 0 Å². The minimum absolute atomic E-state index is 0.161. The maximum Gasteiger partial charge on any atom is 0.407 e. The Labute approximate surface area is 107 Å². The number of nitrogens with one attached hydrogen (secondary N) is 1. The molecule has 0 spiro atoms. The third-order valence-corrected chi connectivity index (χ3v) is 3.45. The first kappa shape index (κ1) is 14.7. The lowest BCUT2D eigenvalue weighted by molar-refractivity contribution is -0.533. The number of nitrogens with zero attached hydrogens (tertiary/aromatic N) is 1. The van der Waals surface area contributed by atoms with Gasteiger partial charge in [-0.05, 0) is 19.8 Å². The molecule has 104 valence electrons. The van der Waals surface area contributed by atoms with Crippen LogP contribution in [0.4, 0.5) is 4.79 Å². The average molecular weight is 258 g/mol. The topological polar surface area (TPSA) is 81.5 Å². The lowest BCUT2D eigenvalue weighted by Gasteiger charge is -2.24. The molecule has 1 saturated carbocycles. The fourth-order valence-electron chi connectivity index (χ4n) is 2.35. The molecular formula is C12H22N2O4. The van der Waals surface area contributed by atoms with Gasteiger partial charge in [-0.3, -0.25) is 10.1 Å². The van der Waals surface area contributed by atoms with Crippen LogP contribution in [0.3, 0.4) is 0 Å². The van der Waals surface area contributed by atoms with Gasteiger partial charge in [-0.1, -0.05) is 26.2 Å². The van der Waals surface area contributed by atoms with E-state index in [9.17, 15) is 14.9 Å². The van der Waals surface area contributed by atoms with E-state index < -0.39 is 23.2 Å². The van der Waals surface area contributed by atoms with Crippen LogP contribution in [0.5, 0.6) is 0 Å². The SMILES string of the molecule is CCC(C(C)OC(=O)NC1CCCCC1)[N+](=O)[O-]. The van der Waals surface area contributed by atoms with Gasteiger partial charge >= 0.3 is 6.09 Å². The van der Waals surface area contributed by atoms with Crippen molar-refractivity contribution in [3.05, 3.63) is 10.1 Å². The predicted octanol–water partition coefficient (Wildman–Crippen LogP) is 2.49. The summed E-state index contributed by atoms with van der Waals surface area (Å²) >= 11 is 0. The van der Waals surface area contributed by atoms with E-state index >= 15 is 0 Å². The van der Waals surface area contributed by atoms with Gasteiger partial charge in [0.25, 0.3) is 0 Å².